The van der Waals surface area contributed by atoms with Crippen molar-refractivity contribution in [3.8, 4) is 0 Å². The van der Waals surface area contributed by atoms with Crippen LogP contribution in [0.3, 0.4) is 0 Å². The van der Waals surface area contributed by atoms with Crippen molar-refractivity contribution < 1.29 is 14.6 Å². The molecule has 1 saturated heterocycles. The van der Waals surface area contributed by atoms with E-state index in [0.29, 0.717) is 0 Å². The van der Waals surface area contributed by atoms with Gasteiger partial charge in [0.2, 0.25) is 0 Å². The average Bonchev–Trinajstić information content (AvgIpc) is 2.93. The van der Waals surface area contributed by atoms with Crippen molar-refractivity contribution in [3.63, 3.8) is 0 Å². The van der Waals surface area contributed by atoms with Gasteiger partial charge in [0.05, 0.1) is 19.3 Å². The largest absolute Gasteiger partial charge is 0.393 e. The minimum atomic E-state index is -0.325. The molecule has 4 aliphatic carbocycles. The molecule has 5 rings (SSSR count). The Morgan fingerprint density at radius 1 is 0.923 bits per heavy atom. The van der Waals surface area contributed by atoms with Gasteiger partial charge < -0.3 is 14.6 Å². The molecular weight excluding hydrogens is 324 g/mol. The lowest BCUT2D eigenvalue weighted by Crippen LogP contribution is -2.51. The van der Waals surface area contributed by atoms with Gasteiger partial charge in [-0.1, -0.05) is 31.9 Å². The third-order valence-corrected chi connectivity index (χ3v) is 8.78. The van der Waals surface area contributed by atoms with E-state index in [1.54, 1.807) is 11.1 Å². The highest BCUT2D eigenvalue weighted by molar-refractivity contribution is 5.28. The summed E-state index contributed by atoms with van der Waals surface area (Å²) in [5, 5.41) is 10.6. The molecule has 3 heteroatoms. The van der Waals surface area contributed by atoms with Crippen LogP contribution >= 0.6 is 0 Å². The second-order valence-electron chi connectivity index (χ2n) is 11.0. The standard InChI is InChI=1S/C23H36O3/c1-21(2)13-25-23(26-14-21)11-9-16-15(12-23)4-5-18-17(16)8-10-22(3)19(18)6-7-20(22)24/h17-20,24H,4-14H2,1-3H3/t17-,18-,19+,20+,22+/m1/s1. The fourth-order valence-electron chi connectivity index (χ4n) is 7.15. The molecule has 0 unspecified atom stereocenters. The zero-order valence-electron chi connectivity index (χ0n) is 16.9. The summed E-state index contributed by atoms with van der Waals surface area (Å²) in [5.74, 6) is 2.00. The Morgan fingerprint density at radius 2 is 1.69 bits per heavy atom. The molecule has 2 saturated carbocycles. The van der Waals surface area contributed by atoms with Crippen LogP contribution in [0.4, 0.5) is 0 Å². The first kappa shape index (κ1) is 17.7. The predicted molar refractivity (Wildman–Crippen MR) is 102 cm³/mol. The van der Waals surface area contributed by atoms with E-state index in [1.807, 2.05) is 0 Å². The molecule has 1 aliphatic heterocycles. The van der Waals surface area contributed by atoms with Crippen molar-refractivity contribution in [3.05, 3.63) is 11.1 Å². The number of hydrogen-bond donors (Lipinski definition) is 1. The Morgan fingerprint density at radius 3 is 2.46 bits per heavy atom. The van der Waals surface area contributed by atoms with Crippen LogP contribution in [0.25, 0.3) is 0 Å². The van der Waals surface area contributed by atoms with Crippen LogP contribution in [0.15, 0.2) is 11.1 Å². The van der Waals surface area contributed by atoms with Crippen molar-refractivity contribution in [2.24, 2.45) is 28.6 Å². The van der Waals surface area contributed by atoms with Crippen molar-refractivity contribution in [2.45, 2.75) is 90.4 Å². The molecule has 0 amide bonds. The highest BCUT2D eigenvalue weighted by Gasteiger charge is 2.56. The highest BCUT2D eigenvalue weighted by Crippen LogP contribution is 2.61. The van der Waals surface area contributed by atoms with Crippen LogP contribution in [0.1, 0.15) is 78.6 Å². The van der Waals surface area contributed by atoms with Gasteiger partial charge in [-0.05, 0) is 68.1 Å². The molecule has 26 heavy (non-hydrogen) atoms. The number of rotatable bonds is 0. The molecule has 0 aromatic rings. The molecule has 5 aliphatic rings. The summed E-state index contributed by atoms with van der Waals surface area (Å²) in [4.78, 5) is 0. The molecule has 0 aromatic carbocycles. The SMILES string of the molecule is CC1(C)COC2(CCC3=C(CC[C@@H]4[C@@H]3CC[C@]3(C)[C@@H](O)CC[C@@H]43)C2)OC1. The normalized spacial score (nSPS) is 46.6. The summed E-state index contributed by atoms with van der Waals surface area (Å²) < 4.78 is 12.6. The number of aliphatic hydroxyl groups is 1. The number of aliphatic hydroxyl groups excluding tert-OH is 1. The van der Waals surface area contributed by atoms with Crippen molar-refractivity contribution >= 4 is 0 Å². The first-order valence-corrected chi connectivity index (χ1v) is 11.0. The summed E-state index contributed by atoms with van der Waals surface area (Å²) in [6, 6.07) is 0. The molecule has 0 bridgehead atoms. The number of allylic oxidation sites excluding steroid dienone is 1. The van der Waals surface area contributed by atoms with E-state index < -0.39 is 0 Å². The van der Waals surface area contributed by atoms with Gasteiger partial charge >= 0.3 is 0 Å². The van der Waals surface area contributed by atoms with E-state index in [1.165, 1.54) is 38.5 Å². The molecule has 0 aromatic heterocycles. The summed E-state index contributed by atoms with van der Waals surface area (Å²) in [5.41, 5.74) is 3.78. The molecule has 5 atom stereocenters. The maximum Gasteiger partial charge on any atom is 0.172 e. The quantitative estimate of drug-likeness (QED) is 0.629. The Bertz CT molecular complexity index is 611. The zero-order chi connectivity index (χ0) is 18.2. The fraction of sp³-hybridized carbons (Fsp3) is 0.913. The zero-order valence-corrected chi connectivity index (χ0v) is 16.9. The monoisotopic (exact) mass is 360 g/mol. The van der Waals surface area contributed by atoms with Crippen LogP contribution in [0, 0.1) is 28.6 Å². The van der Waals surface area contributed by atoms with Gasteiger partial charge in [-0.2, -0.15) is 0 Å². The lowest BCUT2D eigenvalue weighted by molar-refractivity contribution is -0.303. The number of hydrogen-bond acceptors (Lipinski definition) is 3. The van der Waals surface area contributed by atoms with Crippen LogP contribution in [-0.2, 0) is 9.47 Å². The van der Waals surface area contributed by atoms with Crippen LogP contribution in [0.5, 0.6) is 0 Å². The predicted octanol–water partition coefficient (Wildman–Crippen LogP) is 4.83. The van der Waals surface area contributed by atoms with Crippen molar-refractivity contribution in [1.82, 2.24) is 0 Å². The van der Waals surface area contributed by atoms with E-state index >= 15 is 0 Å². The topological polar surface area (TPSA) is 38.7 Å². The van der Waals surface area contributed by atoms with Gasteiger partial charge in [-0.3, -0.25) is 0 Å². The van der Waals surface area contributed by atoms with Gasteiger partial charge in [0.15, 0.2) is 5.79 Å². The number of fused-ring (bicyclic) bond motifs is 4. The first-order chi connectivity index (χ1) is 12.3. The highest BCUT2D eigenvalue weighted by atomic mass is 16.7. The van der Waals surface area contributed by atoms with E-state index in [-0.39, 0.29) is 22.7 Å². The first-order valence-electron chi connectivity index (χ1n) is 11.0. The summed E-state index contributed by atoms with van der Waals surface area (Å²) in [6.45, 7) is 8.47. The molecule has 3 nitrogen and oxygen atoms in total. The number of ether oxygens (including phenoxy) is 2. The maximum absolute atomic E-state index is 10.6. The lowest BCUT2D eigenvalue weighted by Gasteiger charge is -2.53. The van der Waals surface area contributed by atoms with Crippen LogP contribution in [0.2, 0.25) is 0 Å². The second-order valence-corrected chi connectivity index (χ2v) is 11.0. The van der Waals surface area contributed by atoms with Gasteiger partial charge in [0.25, 0.3) is 0 Å². The third kappa shape index (κ3) is 2.57. The Balaban J connectivity index is 1.36. The molecule has 0 radical (unpaired) electrons. The minimum absolute atomic E-state index is 0.0640. The van der Waals surface area contributed by atoms with Crippen molar-refractivity contribution in [1.29, 1.82) is 0 Å². The lowest BCUT2D eigenvalue weighted by atomic mass is 9.54. The van der Waals surface area contributed by atoms with Gasteiger partial charge in [-0.25, -0.2) is 0 Å². The van der Waals surface area contributed by atoms with E-state index in [9.17, 15) is 5.11 Å². The maximum atomic E-state index is 10.6. The van der Waals surface area contributed by atoms with Gasteiger partial charge in [0.1, 0.15) is 0 Å². The van der Waals surface area contributed by atoms with Crippen LogP contribution < -0.4 is 0 Å². The Hall–Kier alpha value is -0.380. The molecular formula is C23H36O3. The minimum Gasteiger partial charge on any atom is -0.393 e. The Labute approximate surface area is 158 Å². The summed E-state index contributed by atoms with van der Waals surface area (Å²) in [7, 11) is 0. The molecule has 1 spiro atoms. The average molecular weight is 361 g/mol. The van der Waals surface area contributed by atoms with Crippen molar-refractivity contribution in [2.75, 3.05) is 13.2 Å². The third-order valence-electron chi connectivity index (χ3n) is 8.78. The van der Waals surface area contributed by atoms with E-state index in [0.717, 1.165) is 50.2 Å². The molecule has 1 heterocycles. The smallest absolute Gasteiger partial charge is 0.172 e. The van der Waals surface area contributed by atoms with Crippen LogP contribution in [-0.4, -0.2) is 30.2 Å². The Kier molecular flexibility index (Phi) is 3.96. The van der Waals surface area contributed by atoms with E-state index in [2.05, 4.69) is 20.8 Å². The molecule has 3 fully saturated rings. The fourth-order valence-corrected chi connectivity index (χ4v) is 7.15. The summed E-state index contributed by atoms with van der Waals surface area (Å²) >= 11 is 0. The van der Waals surface area contributed by atoms with E-state index in [4.69, 9.17) is 9.47 Å². The molecule has 1 N–H and O–H groups in total. The van der Waals surface area contributed by atoms with Gasteiger partial charge in [-0.15, -0.1) is 0 Å². The molecule has 146 valence electrons. The summed E-state index contributed by atoms with van der Waals surface area (Å²) in [6.07, 6.45) is 10.5. The second kappa shape index (κ2) is 5.81. The van der Waals surface area contributed by atoms with Gasteiger partial charge in [0, 0.05) is 18.3 Å².